The van der Waals surface area contributed by atoms with E-state index in [4.69, 9.17) is 9.47 Å². The minimum atomic E-state index is -0.635. The van der Waals surface area contributed by atoms with Crippen LogP contribution < -0.4 is 19.7 Å². The predicted octanol–water partition coefficient (Wildman–Crippen LogP) is 4.70. The molecule has 1 N–H and O–H groups in total. The fourth-order valence-electron chi connectivity index (χ4n) is 4.54. The topological polar surface area (TPSA) is 71.1 Å². The number of hydrogen-bond donors (Lipinski definition) is 1. The van der Waals surface area contributed by atoms with Crippen molar-refractivity contribution in [3.8, 4) is 17.2 Å². The Morgan fingerprint density at radius 2 is 1.60 bits per heavy atom. The fraction of sp³-hybridized carbons (Fsp3) is 0.286. The van der Waals surface area contributed by atoms with Crippen LogP contribution in [0.25, 0.3) is 0 Å². The third kappa shape index (κ3) is 5.40. The molecule has 2 heterocycles. The van der Waals surface area contributed by atoms with Crippen LogP contribution in [0.5, 0.6) is 17.2 Å². The van der Waals surface area contributed by atoms with Gasteiger partial charge in [0.2, 0.25) is 5.91 Å². The van der Waals surface area contributed by atoms with Crippen LogP contribution >= 0.6 is 0 Å². The van der Waals surface area contributed by atoms with Gasteiger partial charge in [-0.2, -0.15) is 0 Å². The first-order valence-electron chi connectivity index (χ1n) is 12.1. The third-order valence-electron chi connectivity index (χ3n) is 6.27. The first-order valence-corrected chi connectivity index (χ1v) is 12.1. The zero-order chi connectivity index (χ0) is 24.0. The number of amides is 2. The molecule has 0 aromatic heterocycles. The molecule has 7 nitrogen and oxygen atoms in total. The molecule has 35 heavy (non-hydrogen) atoms. The van der Waals surface area contributed by atoms with Crippen molar-refractivity contribution in [1.29, 1.82) is 0 Å². The highest BCUT2D eigenvalue weighted by atomic mass is 16.5. The van der Waals surface area contributed by atoms with Gasteiger partial charge in [-0.1, -0.05) is 42.5 Å². The SMILES string of the molecule is O=C(CN1CC(C(=O)N2CCCCC2)Oc2ccccc21)Nc1ccccc1Oc1ccccc1. The van der Waals surface area contributed by atoms with Gasteiger partial charge in [0.1, 0.15) is 11.5 Å². The van der Waals surface area contributed by atoms with E-state index in [0.717, 1.165) is 38.0 Å². The molecule has 0 bridgehead atoms. The van der Waals surface area contributed by atoms with Crippen molar-refractivity contribution in [1.82, 2.24) is 4.90 Å². The van der Waals surface area contributed by atoms with Crippen molar-refractivity contribution < 1.29 is 19.1 Å². The second-order valence-corrected chi connectivity index (χ2v) is 8.80. The van der Waals surface area contributed by atoms with Gasteiger partial charge in [0.05, 0.1) is 24.5 Å². The number of para-hydroxylation sites is 5. The van der Waals surface area contributed by atoms with Crippen molar-refractivity contribution in [2.45, 2.75) is 25.4 Å². The quantitative estimate of drug-likeness (QED) is 0.564. The second kappa shape index (κ2) is 10.5. The van der Waals surface area contributed by atoms with Gasteiger partial charge in [0.15, 0.2) is 11.9 Å². The number of ether oxygens (including phenoxy) is 2. The van der Waals surface area contributed by atoms with Gasteiger partial charge < -0.3 is 24.6 Å². The molecule has 0 saturated carbocycles. The van der Waals surface area contributed by atoms with E-state index in [1.165, 1.54) is 0 Å². The summed E-state index contributed by atoms with van der Waals surface area (Å²) in [5, 5.41) is 2.97. The molecule has 0 spiro atoms. The van der Waals surface area contributed by atoms with Crippen molar-refractivity contribution in [2.24, 2.45) is 0 Å². The molecular formula is C28H29N3O4. The number of rotatable bonds is 6. The summed E-state index contributed by atoms with van der Waals surface area (Å²) >= 11 is 0. The lowest BCUT2D eigenvalue weighted by Crippen LogP contribution is -2.52. The van der Waals surface area contributed by atoms with Gasteiger partial charge in [-0.05, 0) is 55.7 Å². The summed E-state index contributed by atoms with van der Waals surface area (Å²) in [6.45, 7) is 1.93. The number of likely N-dealkylation sites (tertiary alicyclic amines) is 1. The largest absolute Gasteiger partial charge is 0.477 e. The van der Waals surface area contributed by atoms with Gasteiger partial charge in [0.25, 0.3) is 5.91 Å². The normalized spacial score (nSPS) is 17.2. The number of carbonyl (C=O) groups is 2. The number of nitrogens with zero attached hydrogens (tertiary/aromatic N) is 2. The maximum Gasteiger partial charge on any atom is 0.265 e. The summed E-state index contributed by atoms with van der Waals surface area (Å²) in [6.07, 6.45) is 2.56. The van der Waals surface area contributed by atoms with Gasteiger partial charge in [-0.15, -0.1) is 0 Å². The lowest BCUT2D eigenvalue weighted by atomic mass is 10.1. The van der Waals surface area contributed by atoms with Crippen molar-refractivity contribution in [3.63, 3.8) is 0 Å². The Kier molecular flexibility index (Phi) is 6.84. The Hall–Kier alpha value is -4.00. The average molecular weight is 472 g/mol. The van der Waals surface area contributed by atoms with E-state index in [1.807, 2.05) is 88.7 Å². The molecular weight excluding hydrogens is 442 g/mol. The van der Waals surface area contributed by atoms with Gasteiger partial charge in [0, 0.05) is 13.1 Å². The smallest absolute Gasteiger partial charge is 0.265 e. The van der Waals surface area contributed by atoms with E-state index >= 15 is 0 Å². The molecule has 3 aromatic rings. The fourth-order valence-corrected chi connectivity index (χ4v) is 4.54. The molecule has 3 aromatic carbocycles. The molecule has 1 atom stereocenters. The van der Waals surface area contributed by atoms with Gasteiger partial charge in [-0.25, -0.2) is 0 Å². The van der Waals surface area contributed by atoms with Crippen molar-refractivity contribution in [2.75, 3.05) is 36.4 Å². The van der Waals surface area contributed by atoms with Crippen LogP contribution in [0.15, 0.2) is 78.9 Å². The molecule has 1 saturated heterocycles. The lowest BCUT2D eigenvalue weighted by Gasteiger charge is -2.38. The Bertz CT molecular complexity index is 1180. The Morgan fingerprint density at radius 3 is 2.43 bits per heavy atom. The van der Waals surface area contributed by atoms with Crippen LogP contribution in [-0.4, -0.2) is 49.0 Å². The Labute approximate surface area is 205 Å². The number of benzene rings is 3. The van der Waals surface area contributed by atoms with E-state index in [-0.39, 0.29) is 18.4 Å². The molecule has 7 heteroatoms. The first kappa shape index (κ1) is 22.8. The van der Waals surface area contributed by atoms with E-state index < -0.39 is 6.10 Å². The summed E-state index contributed by atoms with van der Waals surface area (Å²) in [6, 6.07) is 24.3. The monoisotopic (exact) mass is 471 g/mol. The Morgan fingerprint density at radius 1 is 0.886 bits per heavy atom. The number of carbonyl (C=O) groups excluding carboxylic acids is 2. The minimum Gasteiger partial charge on any atom is -0.477 e. The highest BCUT2D eigenvalue weighted by Crippen LogP contribution is 2.34. The summed E-state index contributed by atoms with van der Waals surface area (Å²) in [7, 11) is 0. The van der Waals surface area contributed by atoms with Crippen LogP contribution in [0.3, 0.4) is 0 Å². The zero-order valence-corrected chi connectivity index (χ0v) is 19.6. The molecule has 1 unspecified atom stereocenters. The van der Waals surface area contributed by atoms with Crippen LogP contribution in [0, 0.1) is 0 Å². The molecule has 2 amide bonds. The molecule has 5 rings (SSSR count). The lowest BCUT2D eigenvalue weighted by molar-refractivity contribution is -0.139. The highest BCUT2D eigenvalue weighted by molar-refractivity contribution is 5.96. The summed E-state index contributed by atoms with van der Waals surface area (Å²) in [5.41, 5.74) is 1.39. The molecule has 180 valence electrons. The molecule has 2 aliphatic rings. The zero-order valence-electron chi connectivity index (χ0n) is 19.6. The molecule has 2 aliphatic heterocycles. The number of nitrogens with one attached hydrogen (secondary N) is 1. The second-order valence-electron chi connectivity index (χ2n) is 8.80. The van der Waals surface area contributed by atoms with Crippen LogP contribution in [0.2, 0.25) is 0 Å². The predicted molar refractivity (Wildman–Crippen MR) is 135 cm³/mol. The van der Waals surface area contributed by atoms with Gasteiger partial charge >= 0.3 is 0 Å². The number of piperidine rings is 1. The van der Waals surface area contributed by atoms with Crippen molar-refractivity contribution in [3.05, 3.63) is 78.9 Å². The number of hydrogen-bond acceptors (Lipinski definition) is 5. The van der Waals surface area contributed by atoms with E-state index in [1.54, 1.807) is 0 Å². The molecule has 0 aliphatic carbocycles. The van der Waals surface area contributed by atoms with E-state index in [9.17, 15) is 9.59 Å². The van der Waals surface area contributed by atoms with E-state index in [0.29, 0.717) is 29.5 Å². The molecule has 1 fully saturated rings. The third-order valence-corrected chi connectivity index (χ3v) is 6.27. The molecule has 0 radical (unpaired) electrons. The van der Waals surface area contributed by atoms with Crippen LogP contribution in [0.1, 0.15) is 19.3 Å². The number of anilines is 2. The summed E-state index contributed by atoms with van der Waals surface area (Å²) in [4.78, 5) is 30.1. The van der Waals surface area contributed by atoms with Crippen LogP contribution in [0.4, 0.5) is 11.4 Å². The van der Waals surface area contributed by atoms with Crippen LogP contribution in [-0.2, 0) is 9.59 Å². The standard InChI is InChI=1S/C28H29N3O4/c32-27(29-22-13-5-7-15-24(22)34-21-11-3-1-4-12-21)20-31-19-26(28(33)30-17-9-2-10-18-30)35-25-16-8-6-14-23(25)31/h1,3-8,11-16,26H,2,9-10,17-20H2,(H,29,32). The average Bonchev–Trinajstić information content (AvgIpc) is 2.90. The number of fused-ring (bicyclic) bond motifs is 1. The minimum absolute atomic E-state index is 0.00813. The highest BCUT2D eigenvalue weighted by Gasteiger charge is 2.34. The van der Waals surface area contributed by atoms with E-state index in [2.05, 4.69) is 5.32 Å². The van der Waals surface area contributed by atoms with Gasteiger partial charge in [-0.3, -0.25) is 9.59 Å². The maximum atomic E-state index is 13.2. The Balaban J connectivity index is 1.30. The summed E-state index contributed by atoms with van der Waals surface area (Å²) in [5.74, 6) is 1.67. The van der Waals surface area contributed by atoms with Crippen molar-refractivity contribution >= 4 is 23.2 Å². The summed E-state index contributed by atoms with van der Waals surface area (Å²) < 4.78 is 12.1. The maximum absolute atomic E-state index is 13.2. The first-order chi connectivity index (χ1) is 17.2.